The Labute approximate surface area is 192 Å². The van der Waals surface area contributed by atoms with Gasteiger partial charge in [-0.15, -0.1) is 0 Å². The summed E-state index contributed by atoms with van der Waals surface area (Å²) in [7, 11) is 0. The van der Waals surface area contributed by atoms with Gasteiger partial charge in [-0.05, 0) is 54.0 Å². The van der Waals surface area contributed by atoms with Crippen LogP contribution in [0.15, 0.2) is 48.5 Å². The first kappa shape index (κ1) is 24.9. The number of carbonyl (C=O) groups excluding carboxylic acids is 2. The highest BCUT2D eigenvalue weighted by molar-refractivity contribution is 6.30. The van der Waals surface area contributed by atoms with E-state index in [4.69, 9.17) is 11.6 Å². The van der Waals surface area contributed by atoms with Crippen molar-refractivity contribution in [2.75, 3.05) is 6.54 Å². The maximum Gasteiger partial charge on any atom is 0.242 e. The van der Waals surface area contributed by atoms with E-state index in [1.807, 2.05) is 32.0 Å². The van der Waals surface area contributed by atoms with E-state index in [2.05, 4.69) is 43.4 Å². The van der Waals surface area contributed by atoms with Crippen molar-refractivity contribution in [1.29, 1.82) is 0 Å². The average molecular weight is 443 g/mol. The van der Waals surface area contributed by atoms with Crippen molar-refractivity contribution in [2.24, 2.45) is 5.92 Å². The molecule has 0 aliphatic heterocycles. The summed E-state index contributed by atoms with van der Waals surface area (Å²) in [4.78, 5) is 27.5. The van der Waals surface area contributed by atoms with Gasteiger partial charge in [-0.1, -0.05) is 75.7 Å². The predicted molar refractivity (Wildman–Crippen MR) is 128 cm³/mol. The predicted octanol–water partition coefficient (Wildman–Crippen LogP) is 5.59. The van der Waals surface area contributed by atoms with Crippen LogP contribution in [0.25, 0.3) is 0 Å². The monoisotopic (exact) mass is 442 g/mol. The number of carbonyl (C=O) groups is 2. The molecule has 5 heteroatoms. The topological polar surface area (TPSA) is 49.4 Å². The lowest BCUT2D eigenvalue weighted by Crippen LogP contribution is -2.48. The number of hydrogen-bond donors (Lipinski definition) is 1. The molecule has 0 spiro atoms. The van der Waals surface area contributed by atoms with Crippen LogP contribution in [-0.2, 0) is 22.6 Å². The smallest absolute Gasteiger partial charge is 0.242 e. The van der Waals surface area contributed by atoms with Crippen molar-refractivity contribution in [3.63, 3.8) is 0 Å². The lowest BCUT2D eigenvalue weighted by molar-refractivity contribution is -0.140. The van der Waals surface area contributed by atoms with Crippen LogP contribution in [0, 0.1) is 5.92 Å². The van der Waals surface area contributed by atoms with Crippen molar-refractivity contribution in [3.8, 4) is 0 Å². The van der Waals surface area contributed by atoms with Crippen LogP contribution in [0.5, 0.6) is 0 Å². The second-order valence-corrected chi connectivity index (χ2v) is 9.30. The maximum atomic E-state index is 13.2. The fourth-order valence-electron chi connectivity index (χ4n) is 3.33. The van der Waals surface area contributed by atoms with Crippen LogP contribution in [0.1, 0.15) is 63.6 Å². The van der Waals surface area contributed by atoms with Gasteiger partial charge in [-0.2, -0.15) is 0 Å². The third kappa shape index (κ3) is 8.02. The highest BCUT2D eigenvalue weighted by Crippen LogP contribution is 2.18. The lowest BCUT2D eigenvalue weighted by Gasteiger charge is -2.29. The summed E-state index contributed by atoms with van der Waals surface area (Å²) < 4.78 is 0. The SMILES string of the molecule is CC(C)CNC(=O)C(C)N(Cc1cccc(Cl)c1)C(=O)CCc1ccc(C(C)C)cc1. The van der Waals surface area contributed by atoms with Gasteiger partial charge in [0.1, 0.15) is 6.04 Å². The number of nitrogens with one attached hydrogen (secondary N) is 1. The Morgan fingerprint density at radius 2 is 1.65 bits per heavy atom. The zero-order valence-electron chi connectivity index (χ0n) is 19.3. The largest absolute Gasteiger partial charge is 0.354 e. The van der Waals surface area contributed by atoms with Crippen molar-refractivity contribution in [3.05, 3.63) is 70.2 Å². The molecular weight excluding hydrogens is 408 g/mol. The Morgan fingerprint density at radius 3 is 2.23 bits per heavy atom. The number of benzene rings is 2. The van der Waals surface area contributed by atoms with E-state index in [1.165, 1.54) is 5.56 Å². The van der Waals surface area contributed by atoms with Crippen LogP contribution in [0.2, 0.25) is 5.02 Å². The summed E-state index contributed by atoms with van der Waals surface area (Å²) in [6.45, 7) is 11.1. The molecule has 2 amide bonds. The number of rotatable bonds is 10. The van der Waals surface area contributed by atoms with Gasteiger partial charge in [0.2, 0.25) is 11.8 Å². The van der Waals surface area contributed by atoms with E-state index in [1.54, 1.807) is 17.9 Å². The van der Waals surface area contributed by atoms with E-state index in [0.29, 0.717) is 42.8 Å². The number of hydrogen-bond acceptors (Lipinski definition) is 2. The zero-order valence-corrected chi connectivity index (χ0v) is 20.1. The van der Waals surface area contributed by atoms with Crippen LogP contribution in [0.4, 0.5) is 0 Å². The van der Waals surface area contributed by atoms with Crippen molar-refractivity contribution >= 4 is 23.4 Å². The first-order valence-corrected chi connectivity index (χ1v) is 11.5. The fraction of sp³-hybridized carbons (Fsp3) is 0.462. The Balaban J connectivity index is 2.11. The number of nitrogens with zero attached hydrogens (tertiary/aromatic N) is 1. The third-order valence-electron chi connectivity index (χ3n) is 5.37. The summed E-state index contributed by atoms with van der Waals surface area (Å²) in [6, 6.07) is 15.3. The van der Waals surface area contributed by atoms with Crippen molar-refractivity contribution < 1.29 is 9.59 Å². The van der Waals surface area contributed by atoms with Crippen LogP contribution < -0.4 is 5.32 Å². The lowest BCUT2D eigenvalue weighted by atomic mass is 10.00. The second-order valence-electron chi connectivity index (χ2n) is 8.86. The van der Waals surface area contributed by atoms with Gasteiger partial charge >= 0.3 is 0 Å². The molecule has 1 unspecified atom stereocenters. The van der Waals surface area contributed by atoms with Gasteiger partial charge in [0, 0.05) is 24.5 Å². The fourth-order valence-corrected chi connectivity index (χ4v) is 3.54. The van der Waals surface area contributed by atoms with E-state index in [0.717, 1.165) is 11.1 Å². The van der Waals surface area contributed by atoms with E-state index >= 15 is 0 Å². The number of halogens is 1. The standard InChI is InChI=1S/C26H35ClN2O2/c1-18(2)16-28-26(31)20(5)29(17-22-7-6-8-24(27)15-22)25(30)14-11-21-9-12-23(13-10-21)19(3)4/h6-10,12-13,15,18-20H,11,14,16-17H2,1-5H3,(H,28,31). The van der Waals surface area contributed by atoms with Crippen LogP contribution in [0.3, 0.4) is 0 Å². The van der Waals surface area contributed by atoms with Gasteiger partial charge < -0.3 is 10.2 Å². The molecule has 168 valence electrons. The summed E-state index contributed by atoms with van der Waals surface area (Å²) in [5, 5.41) is 3.56. The Hall–Kier alpha value is -2.33. The molecule has 0 saturated heterocycles. The quantitative estimate of drug-likeness (QED) is 0.521. The minimum Gasteiger partial charge on any atom is -0.354 e. The van der Waals surface area contributed by atoms with Gasteiger partial charge in [0.15, 0.2) is 0 Å². The van der Waals surface area contributed by atoms with Crippen molar-refractivity contribution in [1.82, 2.24) is 10.2 Å². The molecule has 0 bridgehead atoms. The van der Waals surface area contributed by atoms with Crippen LogP contribution in [-0.4, -0.2) is 29.3 Å². The molecule has 0 fully saturated rings. The molecule has 0 saturated carbocycles. The van der Waals surface area contributed by atoms with Crippen molar-refractivity contribution in [2.45, 2.75) is 66.0 Å². The molecule has 31 heavy (non-hydrogen) atoms. The zero-order chi connectivity index (χ0) is 23.0. The molecule has 0 radical (unpaired) electrons. The Kier molecular flexibility index (Phi) is 9.57. The maximum absolute atomic E-state index is 13.2. The molecule has 0 aliphatic rings. The van der Waals surface area contributed by atoms with Gasteiger partial charge in [-0.25, -0.2) is 0 Å². The normalized spacial score (nSPS) is 12.1. The van der Waals surface area contributed by atoms with Gasteiger partial charge in [0.25, 0.3) is 0 Å². The molecule has 0 heterocycles. The number of amides is 2. The molecule has 0 aliphatic carbocycles. The summed E-state index contributed by atoms with van der Waals surface area (Å²) in [5.41, 5.74) is 3.32. The number of aryl methyl sites for hydroxylation is 1. The summed E-state index contributed by atoms with van der Waals surface area (Å²) in [5.74, 6) is 0.654. The molecule has 0 aromatic heterocycles. The molecule has 1 N–H and O–H groups in total. The molecule has 2 aromatic rings. The molecule has 4 nitrogen and oxygen atoms in total. The average Bonchev–Trinajstić information content (AvgIpc) is 2.74. The highest BCUT2D eigenvalue weighted by Gasteiger charge is 2.26. The first-order chi connectivity index (χ1) is 14.7. The Morgan fingerprint density at radius 1 is 0.968 bits per heavy atom. The molecular formula is C26H35ClN2O2. The Bertz CT molecular complexity index is 862. The summed E-state index contributed by atoms with van der Waals surface area (Å²) in [6.07, 6.45) is 0.993. The first-order valence-electron chi connectivity index (χ1n) is 11.1. The third-order valence-corrected chi connectivity index (χ3v) is 5.60. The molecule has 2 aromatic carbocycles. The summed E-state index contributed by atoms with van der Waals surface area (Å²) >= 11 is 6.13. The van der Waals surface area contributed by atoms with Gasteiger partial charge in [-0.3, -0.25) is 9.59 Å². The minimum atomic E-state index is -0.562. The second kappa shape index (κ2) is 11.9. The van der Waals surface area contributed by atoms with Crippen LogP contribution >= 0.6 is 11.6 Å². The van der Waals surface area contributed by atoms with E-state index in [9.17, 15) is 9.59 Å². The van der Waals surface area contributed by atoms with E-state index < -0.39 is 6.04 Å². The molecule has 2 rings (SSSR count). The highest BCUT2D eigenvalue weighted by atomic mass is 35.5. The molecule has 1 atom stereocenters. The van der Waals surface area contributed by atoms with Gasteiger partial charge in [0.05, 0.1) is 0 Å². The minimum absolute atomic E-state index is 0.0416. The van der Waals surface area contributed by atoms with E-state index in [-0.39, 0.29) is 11.8 Å².